The van der Waals surface area contributed by atoms with Crippen molar-refractivity contribution in [2.45, 2.75) is 6.42 Å². The molecular formula is C9H10BrClINO. The highest BCUT2D eigenvalue weighted by atomic mass is 127. The molecule has 5 heteroatoms. The molecule has 1 rings (SSSR count). The smallest absolute Gasteiger partial charge is 0.139 e. The molecule has 0 unspecified atom stereocenters. The van der Waals surface area contributed by atoms with Crippen LogP contribution in [0, 0.1) is 3.57 Å². The molecule has 0 radical (unpaired) electrons. The van der Waals surface area contributed by atoms with E-state index < -0.39 is 0 Å². The maximum Gasteiger partial charge on any atom is 0.139 e. The molecular weight excluding hydrogens is 380 g/mol. The van der Waals surface area contributed by atoms with Gasteiger partial charge in [-0.25, -0.2) is 0 Å². The molecule has 2 N–H and O–H groups in total. The topological polar surface area (TPSA) is 35.2 Å². The highest BCUT2D eigenvalue weighted by molar-refractivity contribution is 14.1. The Bertz CT molecular complexity index is 322. The van der Waals surface area contributed by atoms with Gasteiger partial charge in [0, 0.05) is 8.04 Å². The van der Waals surface area contributed by atoms with Crippen LogP contribution in [0.2, 0.25) is 5.02 Å². The van der Waals surface area contributed by atoms with E-state index in [4.69, 9.17) is 22.1 Å². The van der Waals surface area contributed by atoms with E-state index in [1.165, 1.54) is 0 Å². The summed E-state index contributed by atoms with van der Waals surface area (Å²) in [6, 6.07) is 3.74. The number of halogens is 3. The third kappa shape index (κ3) is 3.56. The van der Waals surface area contributed by atoms with Gasteiger partial charge in [0.05, 0.1) is 11.6 Å². The summed E-state index contributed by atoms with van der Waals surface area (Å²) in [4.78, 5) is 0. The molecule has 0 aliphatic heterocycles. The van der Waals surface area contributed by atoms with E-state index in [-0.39, 0.29) is 0 Å². The van der Waals surface area contributed by atoms with Crippen LogP contribution in [0.15, 0.2) is 16.6 Å². The molecule has 0 bridgehead atoms. The molecule has 0 aliphatic carbocycles. The summed E-state index contributed by atoms with van der Waals surface area (Å²) >= 11 is 11.6. The van der Waals surface area contributed by atoms with Crippen LogP contribution in [0.4, 0.5) is 0 Å². The van der Waals surface area contributed by atoms with Gasteiger partial charge in [0.15, 0.2) is 0 Å². The summed E-state index contributed by atoms with van der Waals surface area (Å²) in [5.41, 5.74) is 5.36. The van der Waals surface area contributed by atoms with E-state index in [9.17, 15) is 0 Å². The summed E-state index contributed by atoms with van der Waals surface area (Å²) in [6.07, 6.45) is 0.836. The van der Waals surface area contributed by atoms with Gasteiger partial charge in [-0.3, -0.25) is 0 Å². The summed E-state index contributed by atoms with van der Waals surface area (Å²) in [5.74, 6) is 0.715. The molecule has 14 heavy (non-hydrogen) atoms. The van der Waals surface area contributed by atoms with Crippen molar-refractivity contribution in [3.8, 4) is 5.75 Å². The van der Waals surface area contributed by atoms with Crippen molar-refractivity contribution in [2.24, 2.45) is 5.73 Å². The standard InChI is InChI=1S/C9H10BrClINO/c10-6-4-7(11)9(5-8(6)12)14-3-1-2-13/h4-5H,1-3,13H2. The van der Waals surface area contributed by atoms with Crippen LogP contribution in [-0.2, 0) is 0 Å². The fourth-order valence-corrected chi connectivity index (χ4v) is 2.01. The highest BCUT2D eigenvalue weighted by Crippen LogP contribution is 2.32. The third-order valence-electron chi connectivity index (χ3n) is 1.58. The Labute approximate surface area is 110 Å². The first-order chi connectivity index (χ1) is 6.65. The molecule has 2 nitrogen and oxygen atoms in total. The lowest BCUT2D eigenvalue weighted by Gasteiger charge is -2.08. The molecule has 78 valence electrons. The maximum atomic E-state index is 5.99. The molecule has 0 heterocycles. The van der Waals surface area contributed by atoms with Gasteiger partial charge in [-0.2, -0.15) is 0 Å². The first-order valence-electron chi connectivity index (χ1n) is 4.12. The number of nitrogens with two attached hydrogens (primary N) is 1. The summed E-state index contributed by atoms with van der Waals surface area (Å²) in [7, 11) is 0. The van der Waals surface area contributed by atoms with E-state index in [2.05, 4.69) is 38.5 Å². The minimum Gasteiger partial charge on any atom is -0.492 e. The summed E-state index contributed by atoms with van der Waals surface area (Å²) in [5, 5.41) is 0.620. The second-order valence-corrected chi connectivity index (χ2v) is 5.11. The van der Waals surface area contributed by atoms with Gasteiger partial charge < -0.3 is 10.5 Å². The maximum absolute atomic E-state index is 5.99. The van der Waals surface area contributed by atoms with Gasteiger partial charge in [-0.1, -0.05) is 11.6 Å². The Balaban J connectivity index is 2.72. The predicted molar refractivity (Wildman–Crippen MR) is 71.0 cm³/mol. The second kappa shape index (κ2) is 6.15. The summed E-state index contributed by atoms with van der Waals surface area (Å²) in [6.45, 7) is 1.24. The van der Waals surface area contributed by atoms with Crippen LogP contribution in [-0.4, -0.2) is 13.2 Å². The molecule has 0 saturated carbocycles. The molecule has 0 atom stereocenters. The van der Waals surface area contributed by atoms with E-state index in [0.717, 1.165) is 14.5 Å². The Morgan fingerprint density at radius 2 is 2.21 bits per heavy atom. The van der Waals surface area contributed by atoms with Gasteiger partial charge in [0.1, 0.15) is 5.75 Å². The molecule has 0 aliphatic rings. The average molecular weight is 390 g/mol. The largest absolute Gasteiger partial charge is 0.492 e. The third-order valence-corrected chi connectivity index (χ3v) is 4.17. The first kappa shape index (κ1) is 12.5. The van der Waals surface area contributed by atoms with Gasteiger partial charge >= 0.3 is 0 Å². The van der Waals surface area contributed by atoms with Crippen LogP contribution >= 0.6 is 50.1 Å². The van der Waals surface area contributed by atoms with Gasteiger partial charge in [-0.15, -0.1) is 0 Å². The van der Waals surface area contributed by atoms with Crippen LogP contribution in [0.1, 0.15) is 6.42 Å². The quantitative estimate of drug-likeness (QED) is 0.486. The van der Waals surface area contributed by atoms with Crippen molar-refractivity contribution in [3.63, 3.8) is 0 Å². The zero-order chi connectivity index (χ0) is 10.6. The van der Waals surface area contributed by atoms with E-state index in [0.29, 0.717) is 23.9 Å². The summed E-state index contributed by atoms with van der Waals surface area (Å²) < 4.78 is 7.53. The Hall–Kier alpha value is 0.480. The van der Waals surface area contributed by atoms with Crippen molar-refractivity contribution >= 4 is 50.1 Å². The Kier molecular flexibility index (Phi) is 5.51. The van der Waals surface area contributed by atoms with Crippen LogP contribution in [0.25, 0.3) is 0 Å². The molecule has 0 spiro atoms. The van der Waals surface area contributed by atoms with Gasteiger partial charge in [0.25, 0.3) is 0 Å². The lowest BCUT2D eigenvalue weighted by Crippen LogP contribution is -2.06. The Morgan fingerprint density at radius 1 is 1.50 bits per heavy atom. The molecule has 0 fully saturated rings. The van der Waals surface area contributed by atoms with Crippen molar-refractivity contribution in [1.82, 2.24) is 0 Å². The van der Waals surface area contributed by atoms with Crippen LogP contribution in [0.3, 0.4) is 0 Å². The molecule has 0 aromatic heterocycles. The highest BCUT2D eigenvalue weighted by Gasteiger charge is 2.05. The fraction of sp³-hybridized carbons (Fsp3) is 0.333. The zero-order valence-electron chi connectivity index (χ0n) is 7.40. The van der Waals surface area contributed by atoms with E-state index >= 15 is 0 Å². The van der Waals surface area contributed by atoms with Crippen LogP contribution < -0.4 is 10.5 Å². The molecule has 0 amide bonds. The van der Waals surface area contributed by atoms with Crippen molar-refractivity contribution < 1.29 is 4.74 Å². The number of benzene rings is 1. The van der Waals surface area contributed by atoms with Crippen molar-refractivity contribution in [2.75, 3.05) is 13.2 Å². The SMILES string of the molecule is NCCCOc1cc(I)c(Br)cc1Cl. The van der Waals surface area contributed by atoms with Crippen molar-refractivity contribution in [3.05, 3.63) is 25.2 Å². The minimum atomic E-state index is 0.605. The zero-order valence-corrected chi connectivity index (χ0v) is 11.9. The molecule has 1 aromatic rings. The van der Waals surface area contributed by atoms with Crippen LogP contribution in [0.5, 0.6) is 5.75 Å². The fourth-order valence-electron chi connectivity index (χ4n) is 0.880. The monoisotopic (exact) mass is 389 g/mol. The lowest BCUT2D eigenvalue weighted by atomic mass is 10.3. The number of ether oxygens (including phenoxy) is 1. The normalized spacial score (nSPS) is 10.3. The Morgan fingerprint density at radius 3 is 2.86 bits per heavy atom. The van der Waals surface area contributed by atoms with Crippen molar-refractivity contribution in [1.29, 1.82) is 0 Å². The molecule has 0 saturated heterocycles. The van der Waals surface area contributed by atoms with E-state index in [1.54, 1.807) is 0 Å². The number of hydrogen-bond donors (Lipinski definition) is 1. The van der Waals surface area contributed by atoms with Gasteiger partial charge in [0.2, 0.25) is 0 Å². The predicted octanol–water partition coefficient (Wildman–Crippen LogP) is 3.43. The lowest BCUT2D eigenvalue weighted by molar-refractivity contribution is 0.313. The first-order valence-corrected chi connectivity index (χ1v) is 6.37. The second-order valence-electron chi connectivity index (χ2n) is 2.69. The van der Waals surface area contributed by atoms with E-state index in [1.807, 2.05) is 12.1 Å². The number of hydrogen-bond acceptors (Lipinski definition) is 2. The average Bonchev–Trinajstić information content (AvgIpc) is 2.14. The minimum absolute atomic E-state index is 0.605. The molecule has 1 aromatic carbocycles. The number of rotatable bonds is 4. The van der Waals surface area contributed by atoms with Gasteiger partial charge in [-0.05, 0) is 63.6 Å².